The Bertz CT molecular complexity index is 351. The van der Waals surface area contributed by atoms with Gasteiger partial charge in [0.05, 0.1) is 0 Å². The van der Waals surface area contributed by atoms with Crippen LogP contribution in [0.25, 0.3) is 0 Å². The van der Waals surface area contributed by atoms with Crippen molar-refractivity contribution in [3.63, 3.8) is 0 Å². The number of aromatic nitrogens is 2. The molecule has 94 valence electrons. The topological polar surface area (TPSA) is 41.1 Å². The first-order valence-electron chi connectivity index (χ1n) is 6.39. The molecule has 1 aliphatic heterocycles. The van der Waals surface area contributed by atoms with Crippen molar-refractivity contribution in [3.8, 4) is 0 Å². The van der Waals surface area contributed by atoms with Crippen molar-refractivity contribution >= 4 is 5.95 Å². The number of rotatable bonds is 4. The predicted molar refractivity (Wildman–Crippen MR) is 70.4 cm³/mol. The number of anilines is 1. The Balaban J connectivity index is 1.91. The highest BCUT2D eigenvalue weighted by molar-refractivity contribution is 5.30. The summed E-state index contributed by atoms with van der Waals surface area (Å²) in [6, 6.07) is 2.01. The largest absolute Gasteiger partial charge is 0.344 e. The van der Waals surface area contributed by atoms with Gasteiger partial charge in [-0.3, -0.25) is 0 Å². The van der Waals surface area contributed by atoms with Crippen molar-refractivity contribution in [2.75, 3.05) is 31.6 Å². The predicted octanol–water partition coefficient (Wildman–Crippen LogP) is 1.53. The maximum Gasteiger partial charge on any atom is 0.225 e. The minimum atomic E-state index is 0.823. The minimum absolute atomic E-state index is 0.823. The first-order valence-corrected chi connectivity index (χ1v) is 6.39. The number of hydrogen-bond acceptors (Lipinski definition) is 4. The van der Waals surface area contributed by atoms with Crippen molar-refractivity contribution in [2.45, 2.75) is 26.7 Å². The van der Waals surface area contributed by atoms with Crippen LogP contribution in [0.3, 0.4) is 0 Å². The Morgan fingerprint density at radius 1 is 1.35 bits per heavy atom. The molecule has 0 bridgehead atoms. The third-order valence-corrected chi connectivity index (χ3v) is 3.35. The molecule has 0 aliphatic carbocycles. The highest BCUT2D eigenvalue weighted by Crippen LogP contribution is 2.15. The van der Waals surface area contributed by atoms with Crippen LogP contribution in [0.2, 0.25) is 0 Å². The maximum absolute atomic E-state index is 4.48. The van der Waals surface area contributed by atoms with Crippen LogP contribution in [0, 0.1) is 19.8 Å². The first-order chi connectivity index (χ1) is 8.15. The highest BCUT2D eigenvalue weighted by atomic mass is 15.2. The van der Waals surface area contributed by atoms with Gasteiger partial charge in [-0.05, 0) is 51.8 Å². The SMILES string of the molecule is Cc1cc(C)nc(N(C)CCC2CCNC2)n1. The molecule has 1 atom stereocenters. The van der Waals surface area contributed by atoms with Gasteiger partial charge < -0.3 is 10.2 Å². The summed E-state index contributed by atoms with van der Waals surface area (Å²) in [4.78, 5) is 11.1. The lowest BCUT2D eigenvalue weighted by atomic mass is 10.1. The zero-order valence-corrected chi connectivity index (χ0v) is 11.0. The van der Waals surface area contributed by atoms with Crippen molar-refractivity contribution < 1.29 is 0 Å². The fraction of sp³-hybridized carbons (Fsp3) is 0.692. The van der Waals surface area contributed by atoms with E-state index in [0.29, 0.717) is 0 Å². The third kappa shape index (κ3) is 3.40. The molecule has 4 nitrogen and oxygen atoms in total. The van der Waals surface area contributed by atoms with E-state index in [2.05, 4.69) is 27.2 Å². The lowest BCUT2D eigenvalue weighted by Crippen LogP contribution is -2.24. The van der Waals surface area contributed by atoms with E-state index in [-0.39, 0.29) is 0 Å². The van der Waals surface area contributed by atoms with Crippen molar-refractivity contribution in [3.05, 3.63) is 17.5 Å². The molecule has 1 saturated heterocycles. The molecular formula is C13H22N4. The second-order valence-electron chi connectivity index (χ2n) is 5.02. The first kappa shape index (κ1) is 12.3. The zero-order valence-electron chi connectivity index (χ0n) is 11.0. The molecule has 0 spiro atoms. The van der Waals surface area contributed by atoms with Crippen LogP contribution in [0.4, 0.5) is 5.95 Å². The summed E-state index contributed by atoms with van der Waals surface area (Å²) in [7, 11) is 2.08. The average molecular weight is 234 g/mol. The number of hydrogen-bond donors (Lipinski definition) is 1. The molecule has 0 aromatic carbocycles. The Kier molecular flexibility index (Phi) is 3.94. The Morgan fingerprint density at radius 3 is 2.65 bits per heavy atom. The Morgan fingerprint density at radius 2 is 2.06 bits per heavy atom. The molecule has 0 saturated carbocycles. The minimum Gasteiger partial charge on any atom is -0.344 e. The van der Waals surface area contributed by atoms with E-state index in [4.69, 9.17) is 0 Å². The van der Waals surface area contributed by atoms with Crippen molar-refractivity contribution in [1.29, 1.82) is 0 Å². The van der Waals surface area contributed by atoms with E-state index in [1.165, 1.54) is 25.9 Å². The van der Waals surface area contributed by atoms with Gasteiger partial charge in [0, 0.05) is 25.0 Å². The fourth-order valence-corrected chi connectivity index (χ4v) is 2.32. The molecular weight excluding hydrogens is 212 g/mol. The molecule has 1 fully saturated rings. The summed E-state index contributed by atoms with van der Waals surface area (Å²) in [5.41, 5.74) is 2.09. The third-order valence-electron chi connectivity index (χ3n) is 3.35. The monoisotopic (exact) mass is 234 g/mol. The van der Waals surface area contributed by atoms with E-state index in [1.807, 2.05) is 19.9 Å². The van der Waals surface area contributed by atoms with Gasteiger partial charge in [-0.15, -0.1) is 0 Å². The van der Waals surface area contributed by atoms with E-state index in [1.54, 1.807) is 0 Å². The van der Waals surface area contributed by atoms with Crippen LogP contribution in [0.15, 0.2) is 6.07 Å². The summed E-state index contributed by atoms with van der Waals surface area (Å²) in [6.45, 7) is 7.42. The number of nitrogens with one attached hydrogen (secondary N) is 1. The van der Waals surface area contributed by atoms with E-state index >= 15 is 0 Å². The molecule has 0 radical (unpaired) electrons. The summed E-state index contributed by atoms with van der Waals surface area (Å²) < 4.78 is 0. The number of nitrogens with zero attached hydrogens (tertiary/aromatic N) is 3. The van der Waals surface area contributed by atoms with Crippen LogP contribution in [0.1, 0.15) is 24.2 Å². The number of aryl methyl sites for hydroxylation is 2. The Labute approximate surface area is 103 Å². The molecule has 1 aromatic heterocycles. The standard InChI is InChI=1S/C13H22N4/c1-10-8-11(2)16-13(15-10)17(3)7-5-12-4-6-14-9-12/h8,12,14H,4-7,9H2,1-3H3. The molecule has 2 heterocycles. The fourth-order valence-electron chi connectivity index (χ4n) is 2.32. The summed E-state index contributed by atoms with van der Waals surface area (Å²) in [6.07, 6.45) is 2.53. The smallest absolute Gasteiger partial charge is 0.225 e. The average Bonchev–Trinajstić information content (AvgIpc) is 2.77. The van der Waals surface area contributed by atoms with E-state index in [0.717, 1.165) is 29.8 Å². The zero-order chi connectivity index (χ0) is 12.3. The van der Waals surface area contributed by atoms with Gasteiger partial charge in [-0.25, -0.2) is 9.97 Å². The quantitative estimate of drug-likeness (QED) is 0.858. The van der Waals surface area contributed by atoms with Gasteiger partial charge in [0.15, 0.2) is 0 Å². The second-order valence-corrected chi connectivity index (χ2v) is 5.02. The molecule has 2 rings (SSSR count). The van der Waals surface area contributed by atoms with Gasteiger partial charge in [-0.1, -0.05) is 0 Å². The summed E-state index contributed by atoms with van der Waals surface area (Å²) in [5.74, 6) is 1.68. The molecule has 1 aromatic rings. The van der Waals surface area contributed by atoms with Gasteiger partial charge in [0.1, 0.15) is 0 Å². The lowest BCUT2D eigenvalue weighted by Gasteiger charge is -2.19. The molecule has 4 heteroatoms. The van der Waals surface area contributed by atoms with E-state index < -0.39 is 0 Å². The molecule has 17 heavy (non-hydrogen) atoms. The van der Waals surface area contributed by atoms with Crippen LogP contribution in [-0.4, -0.2) is 36.6 Å². The van der Waals surface area contributed by atoms with Crippen LogP contribution in [-0.2, 0) is 0 Å². The summed E-state index contributed by atoms with van der Waals surface area (Å²) >= 11 is 0. The maximum atomic E-state index is 4.48. The molecule has 1 N–H and O–H groups in total. The van der Waals surface area contributed by atoms with Gasteiger partial charge in [0.25, 0.3) is 0 Å². The summed E-state index contributed by atoms with van der Waals surface area (Å²) in [5, 5.41) is 3.40. The highest BCUT2D eigenvalue weighted by Gasteiger charge is 2.15. The van der Waals surface area contributed by atoms with Crippen molar-refractivity contribution in [1.82, 2.24) is 15.3 Å². The molecule has 1 aliphatic rings. The lowest BCUT2D eigenvalue weighted by molar-refractivity contribution is 0.531. The van der Waals surface area contributed by atoms with Crippen LogP contribution >= 0.6 is 0 Å². The van der Waals surface area contributed by atoms with Crippen LogP contribution < -0.4 is 10.2 Å². The van der Waals surface area contributed by atoms with Crippen molar-refractivity contribution in [2.24, 2.45) is 5.92 Å². The van der Waals surface area contributed by atoms with Crippen LogP contribution in [0.5, 0.6) is 0 Å². The second kappa shape index (κ2) is 5.45. The van der Waals surface area contributed by atoms with Gasteiger partial charge in [-0.2, -0.15) is 0 Å². The Hall–Kier alpha value is -1.16. The van der Waals surface area contributed by atoms with Gasteiger partial charge in [0.2, 0.25) is 5.95 Å². The van der Waals surface area contributed by atoms with E-state index in [9.17, 15) is 0 Å². The molecule has 0 amide bonds. The normalized spacial score (nSPS) is 19.6. The van der Waals surface area contributed by atoms with Gasteiger partial charge >= 0.3 is 0 Å². The molecule has 1 unspecified atom stereocenters.